The third-order valence-corrected chi connectivity index (χ3v) is 3.27. The van der Waals surface area contributed by atoms with Crippen LogP contribution in [0.15, 0.2) is 46.0 Å². The van der Waals surface area contributed by atoms with Crippen LogP contribution in [0, 0.1) is 0 Å². The van der Waals surface area contributed by atoms with Gasteiger partial charge in [0.1, 0.15) is 5.75 Å². The summed E-state index contributed by atoms with van der Waals surface area (Å²) in [5.74, 6) is -0.507. The van der Waals surface area contributed by atoms with Crippen LogP contribution in [-0.2, 0) is 0 Å². The molecule has 7 heteroatoms. The third kappa shape index (κ3) is 3.56. The van der Waals surface area contributed by atoms with Gasteiger partial charge in [0.15, 0.2) is 11.5 Å². The molecule has 0 radical (unpaired) electrons. The van der Waals surface area contributed by atoms with Gasteiger partial charge in [-0.3, -0.25) is 4.79 Å². The number of nitrogens with one attached hydrogen (secondary N) is 1. The van der Waals surface area contributed by atoms with E-state index in [4.69, 9.17) is 4.74 Å². The summed E-state index contributed by atoms with van der Waals surface area (Å²) in [5, 5.41) is 23.3. The quantitative estimate of drug-likeness (QED) is 0.574. The van der Waals surface area contributed by atoms with Crippen LogP contribution < -0.4 is 10.2 Å². The molecule has 0 atom stereocenters. The predicted molar refractivity (Wildman–Crippen MR) is 85.5 cm³/mol. The Kier molecular flexibility index (Phi) is 5.00. The monoisotopic (exact) mass is 364 g/mol. The van der Waals surface area contributed by atoms with E-state index in [1.807, 2.05) is 0 Å². The highest BCUT2D eigenvalue weighted by Gasteiger charge is 2.10. The number of carbonyl (C=O) groups excluding carboxylic acids is 1. The van der Waals surface area contributed by atoms with Gasteiger partial charge in [-0.1, -0.05) is 28.1 Å². The Morgan fingerprint density at radius 1 is 1.32 bits per heavy atom. The van der Waals surface area contributed by atoms with E-state index in [2.05, 4.69) is 26.5 Å². The summed E-state index contributed by atoms with van der Waals surface area (Å²) in [6, 6.07) is 9.34. The molecular formula is C15H13BrN2O4. The highest BCUT2D eigenvalue weighted by Crippen LogP contribution is 2.32. The number of rotatable bonds is 4. The second kappa shape index (κ2) is 6.95. The summed E-state index contributed by atoms with van der Waals surface area (Å²) in [4.78, 5) is 11.8. The summed E-state index contributed by atoms with van der Waals surface area (Å²) in [6.07, 6.45) is 1.28. The molecule has 0 bridgehead atoms. The maximum Gasteiger partial charge on any atom is 0.275 e. The molecule has 22 heavy (non-hydrogen) atoms. The standard InChI is InChI=1S/C15H13BrN2O4/c1-22-13-7-10(16)6-9(14(13)20)8-17-18-15(21)11-4-2-3-5-12(11)19/h2-8,19-20H,1H3,(H,18,21)/b17-8+. The molecule has 0 saturated heterocycles. The molecule has 0 spiro atoms. The molecule has 0 saturated carbocycles. The number of carbonyl (C=O) groups is 1. The Balaban J connectivity index is 2.15. The Labute approximate surface area is 135 Å². The van der Waals surface area contributed by atoms with E-state index in [1.54, 1.807) is 24.3 Å². The van der Waals surface area contributed by atoms with Crippen molar-refractivity contribution in [2.75, 3.05) is 7.11 Å². The molecule has 0 aliphatic heterocycles. The van der Waals surface area contributed by atoms with Crippen LogP contribution in [-0.4, -0.2) is 29.4 Å². The molecule has 0 aliphatic rings. The molecule has 2 aromatic rings. The molecule has 0 fully saturated rings. The molecule has 2 rings (SSSR count). The van der Waals surface area contributed by atoms with Crippen molar-refractivity contribution in [1.29, 1.82) is 0 Å². The summed E-state index contributed by atoms with van der Waals surface area (Å²) < 4.78 is 5.71. The molecule has 2 aromatic carbocycles. The summed E-state index contributed by atoms with van der Waals surface area (Å²) >= 11 is 3.28. The number of hydrogen-bond donors (Lipinski definition) is 3. The van der Waals surface area contributed by atoms with E-state index in [0.717, 1.165) is 0 Å². The van der Waals surface area contributed by atoms with E-state index in [9.17, 15) is 15.0 Å². The second-order valence-electron chi connectivity index (χ2n) is 4.26. The zero-order valence-electron chi connectivity index (χ0n) is 11.6. The Bertz CT molecular complexity index is 731. The van der Waals surface area contributed by atoms with Crippen molar-refractivity contribution in [2.45, 2.75) is 0 Å². The Morgan fingerprint density at radius 2 is 2.05 bits per heavy atom. The lowest BCUT2D eigenvalue weighted by Gasteiger charge is -2.07. The average molecular weight is 365 g/mol. The van der Waals surface area contributed by atoms with Crippen LogP contribution in [0.2, 0.25) is 0 Å². The molecule has 114 valence electrons. The molecule has 0 aromatic heterocycles. The van der Waals surface area contributed by atoms with Crippen molar-refractivity contribution >= 4 is 28.1 Å². The number of para-hydroxylation sites is 1. The Hall–Kier alpha value is -2.54. The smallest absolute Gasteiger partial charge is 0.275 e. The zero-order valence-corrected chi connectivity index (χ0v) is 13.2. The largest absolute Gasteiger partial charge is 0.507 e. The highest BCUT2D eigenvalue weighted by atomic mass is 79.9. The molecule has 0 aliphatic carbocycles. The van der Waals surface area contributed by atoms with Crippen molar-refractivity contribution in [3.8, 4) is 17.2 Å². The van der Waals surface area contributed by atoms with Gasteiger partial charge in [0.25, 0.3) is 5.91 Å². The van der Waals surface area contributed by atoms with Gasteiger partial charge < -0.3 is 14.9 Å². The lowest BCUT2D eigenvalue weighted by molar-refractivity contribution is 0.0952. The number of amides is 1. The van der Waals surface area contributed by atoms with Gasteiger partial charge in [-0.05, 0) is 24.3 Å². The predicted octanol–water partition coefficient (Wildman–Crippen LogP) is 2.63. The first kappa shape index (κ1) is 15.8. The molecule has 6 nitrogen and oxygen atoms in total. The van der Waals surface area contributed by atoms with Crippen molar-refractivity contribution in [3.63, 3.8) is 0 Å². The summed E-state index contributed by atoms with van der Waals surface area (Å²) in [5.41, 5.74) is 2.75. The number of hydrazone groups is 1. The fraction of sp³-hybridized carbons (Fsp3) is 0.0667. The number of nitrogens with zero attached hydrogens (tertiary/aromatic N) is 1. The summed E-state index contributed by atoms with van der Waals surface area (Å²) in [6.45, 7) is 0. The van der Waals surface area contributed by atoms with Gasteiger partial charge in [-0.15, -0.1) is 0 Å². The minimum atomic E-state index is -0.559. The number of benzene rings is 2. The maximum atomic E-state index is 11.8. The Morgan fingerprint density at radius 3 is 2.73 bits per heavy atom. The number of hydrogen-bond acceptors (Lipinski definition) is 5. The lowest BCUT2D eigenvalue weighted by atomic mass is 10.2. The van der Waals surface area contributed by atoms with E-state index in [-0.39, 0.29) is 22.8 Å². The number of halogens is 1. The minimum Gasteiger partial charge on any atom is -0.507 e. The maximum absolute atomic E-state index is 11.8. The SMILES string of the molecule is COc1cc(Br)cc(/C=N/NC(=O)c2ccccc2O)c1O. The van der Waals surface area contributed by atoms with Gasteiger partial charge in [0.2, 0.25) is 0 Å². The fourth-order valence-electron chi connectivity index (χ4n) is 1.73. The van der Waals surface area contributed by atoms with E-state index >= 15 is 0 Å². The minimum absolute atomic E-state index is 0.0914. The normalized spacial score (nSPS) is 10.6. The zero-order chi connectivity index (χ0) is 16.1. The molecule has 1 amide bonds. The van der Waals surface area contributed by atoms with Crippen molar-refractivity contribution < 1.29 is 19.7 Å². The topological polar surface area (TPSA) is 91.2 Å². The summed E-state index contributed by atoms with van der Waals surface area (Å²) in [7, 11) is 1.43. The van der Waals surface area contributed by atoms with Crippen LogP contribution in [0.5, 0.6) is 17.2 Å². The average Bonchev–Trinajstić information content (AvgIpc) is 2.50. The van der Waals surface area contributed by atoms with Crippen molar-refractivity contribution in [3.05, 3.63) is 52.0 Å². The third-order valence-electron chi connectivity index (χ3n) is 2.81. The highest BCUT2D eigenvalue weighted by molar-refractivity contribution is 9.10. The van der Waals surface area contributed by atoms with Crippen LogP contribution >= 0.6 is 15.9 Å². The van der Waals surface area contributed by atoms with Gasteiger partial charge >= 0.3 is 0 Å². The first-order valence-corrected chi connectivity index (χ1v) is 7.00. The van der Waals surface area contributed by atoms with Gasteiger partial charge in [-0.2, -0.15) is 5.10 Å². The number of aromatic hydroxyl groups is 2. The van der Waals surface area contributed by atoms with E-state index in [1.165, 1.54) is 25.5 Å². The van der Waals surface area contributed by atoms with Crippen LogP contribution in [0.4, 0.5) is 0 Å². The van der Waals surface area contributed by atoms with Crippen LogP contribution in [0.25, 0.3) is 0 Å². The molecule has 0 heterocycles. The van der Waals surface area contributed by atoms with E-state index < -0.39 is 5.91 Å². The number of phenols is 2. The molecule has 0 unspecified atom stereocenters. The second-order valence-corrected chi connectivity index (χ2v) is 5.18. The first-order valence-electron chi connectivity index (χ1n) is 6.21. The van der Waals surface area contributed by atoms with E-state index in [0.29, 0.717) is 10.0 Å². The number of ether oxygens (including phenoxy) is 1. The van der Waals surface area contributed by atoms with Crippen LogP contribution in [0.3, 0.4) is 0 Å². The molecule has 3 N–H and O–H groups in total. The number of phenolic OH excluding ortho intramolecular Hbond substituents is 2. The first-order chi connectivity index (χ1) is 10.5. The van der Waals surface area contributed by atoms with Crippen molar-refractivity contribution in [2.24, 2.45) is 5.10 Å². The number of methoxy groups -OCH3 is 1. The van der Waals surface area contributed by atoms with Gasteiger partial charge in [0, 0.05) is 10.0 Å². The fourth-order valence-corrected chi connectivity index (χ4v) is 2.19. The lowest BCUT2D eigenvalue weighted by Crippen LogP contribution is -2.17. The van der Waals surface area contributed by atoms with Crippen molar-refractivity contribution in [1.82, 2.24) is 5.43 Å². The molecular weight excluding hydrogens is 352 g/mol. The van der Waals surface area contributed by atoms with Crippen LogP contribution in [0.1, 0.15) is 15.9 Å². The van der Waals surface area contributed by atoms with Gasteiger partial charge in [0.05, 0.1) is 18.9 Å². The van der Waals surface area contributed by atoms with Gasteiger partial charge in [-0.25, -0.2) is 5.43 Å².